The molecule has 0 aliphatic carbocycles. The summed E-state index contributed by atoms with van der Waals surface area (Å²) in [5.41, 5.74) is 4.88. The molecule has 2 aromatic carbocycles. The zero-order valence-corrected chi connectivity index (χ0v) is 20.3. The lowest BCUT2D eigenvalue weighted by Gasteiger charge is -2.12. The zero-order chi connectivity index (χ0) is 24.6. The quantitative estimate of drug-likeness (QED) is 0.251. The van der Waals surface area contributed by atoms with Crippen LogP contribution in [0.3, 0.4) is 0 Å². The summed E-state index contributed by atoms with van der Waals surface area (Å²) in [6, 6.07) is 20.9. The molecule has 1 N–H and O–H groups in total. The monoisotopic (exact) mass is 487 g/mol. The number of aromatic nitrogens is 2. The average molecular weight is 488 g/mol. The van der Waals surface area contributed by atoms with Crippen molar-refractivity contribution in [3.63, 3.8) is 0 Å². The third-order valence-corrected chi connectivity index (χ3v) is 6.42. The van der Waals surface area contributed by atoms with E-state index < -0.39 is 18.5 Å². The number of nitrogens with zero attached hydrogens (tertiary/aromatic N) is 2. The second-order valence-electron chi connectivity index (χ2n) is 7.89. The molecular weight excluding hydrogens is 462 g/mol. The van der Waals surface area contributed by atoms with E-state index in [9.17, 15) is 9.59 Å². The van der Waals surface area contributed by atoms with Gasteiger partial charge in [-0.2, -0.15) is 0 Å². The maximum atomic E-state index is 12.7. The molecule has 0 radical (unpaired) electrons. The van der Waals surface area contributed by atoms with Crippen LogP contribution in [0.25, 0.3) is 0 Å². The molecule has 0 saturated carbocycles. The highest BCUT2D eigenvalue weighted by Gasteiger charge is 2.18. The van der Waals surface area contributed by atoms with Crippen LogP contribution in [0, 0.1) is 13.8 Å². The molecule has 0 unspecified atom stereocenters. The van der Waals surface area contributed by atoms with Gasteiger partial charge in [0.15, 0.2) is 6.61 Å². The summed E-state index contributed by atoms with van der Waals surface area (Å²) in [4.78, 5) is 29.6. The summed E-state index contributed by atoms with van der Waals surface area (Å²) in [5.74, 6) is 0.274. The van der Waals surface area contributed by atoms with Gasteiger partial charge in [0.25, 0.3) is 5.91 Å². The number of carbonyl (C=O) groups is 2. The summed E-state index contributed by atoms with van der Waals surface area (Å²) < 4.78 is 10.5. The van der Waals surface area contributed by atoms with Gasteiger partial charge in [-0.3, -0.25) is 4.79 Å². The van der Waals surface area contributed by atoms with Crippen molar-refractivity contribution in [3.05, 3.63) is 107 Å². The number of ether oxygens (including phenoxy) is 1. The SMILES string of the molecule is Cc1noc(C)c1CSc1ncccc1C(=O)OCC(=O)Nc1ccccc1Cc1ccccc1. The first-order chi connectivity index (χ1) is 17.0. The van der Waals surface area contributed by atoms with E-state index >= 15 is 0 Å². The number of carbonyl (C=O) groups excluding carboxylic acids is 2. The minimum absolute atomic E-state index is 0.307. The first-order valence-corrected chi connectivity index (χ1v) is 12.1. The first-order valence-electron chi connectivity index (χ1n) is 11.1. The fourth-order valence-electron chi connectivity index (χ4n) is 3.52. The number of para-hydroxylation sites is 1. The van der Waals surface area contributed by atoms with Crippen molar-refractivity contribution in [2.24, 2.45) is 0 Å². The standard InChI is InChI=1S/C27H25N3O4S/c1-18-23(19(2)34-30-18)17-35-26-22(12-8-14-28-26)27(32)33-16-25(31)29-24-13-7-6-11-21(24)15-20-9-4-3-5-10-20/h3-14H,15-17H2,1-2H3,(H,29,31). The summed E-state index contributed by atoms with van der Waals surface area (Å²) in [6.07, 6.45) is 2.29. The zero-order valence-electron chi connectivity index (χ0n) is 19.5. The number of nitrogens with one attached hydrogen (secondary N) is 1. The Kier molecular flexibility index (Phi) is 7.95. The van der Waals surface area contributed by atoms with E-state index in [1.165, 1.54) is 11.8 Å². The van der Waals surface area contributed by atoms with Gasteiger partial charge in [0.2, 0.25) is 0 Å². The van der Waals surface area contributed by atoms with E-state index in [4.69, 9.17) is 9.26 Å². The Morgan fingerprint density at radius 3 is 2.54 bits per heavy atom. The van der Waals surface area contributed by atoms with Crippen LogP contribution in [0.1, 0.15) is 38.5 Å². The van der Waals surface area contributed by atoms with Gasteiger partial charge in [-0.1, -0.05) is 53.7 Å². The number of thioether (sulfide) groups is 1. The van der Waals surface area contributed by atoms with Crippen LogP contribution in [-0.2, 0) is 21.7 Å². The molecule has 2 heterocycles. The predicted octanol–water partition coefficient (Wildman–Crippen LogP) is 5.37. The molecule has 0 bridgehead atoms. The Morgan fingerprint density at radius 1 is 1.00 bits per heavy atom. The van der Waals surface area contributed by atoms with E-state index in [0.717, 1.165) is 28.1 Å². The van der Waals surface area contributed by atoms with Gasteiger partial charge in [-0.25, -0.2) is 9.78 Å². The summed E-state index contributed by atoms with van der Waals surface area (Å²) in [5, 5.41) is 7.33. The fourth-order valence-corrected chi connectivity index (χ4v) is 4.65. The van der Waals surface area contributed by atoms with Crippen LogP contribution < -0.4 is 5.32 Å². The molecule has 4 aromatic rings. The molecule has 35 heavy (non-hydrogen) atoms. The number of esters is 1. The molecule has 0 fully saturated rings. The molecule has 8 heteroatoms. The number of rotatable bonds is 9. The van der Waals surface area contributed by atoms with Crippen molar-refractivity contribution in [1.29, 1.82) is 0 Å². The molecule has 7 nitrogen and oxygen atoms in total. The fraction of sp³-hybridized carbons (Fsp3) is 0.185. The average Bonchev–Trinajstić information content (AvgIpc) is 3.20. The lowest BCUT2D eigenvalue weighted by atomic mass is 10.0. The number of amides is 1. The van der Waals surface area contributed by atoms with E-state index in [-0.39, 0.29) is 0 Å². The van der Waals surface area contributed by atoms with Crippen molar-refractivity contribution in [2.45, 2.75) is 31.0 Å². The third kappa shape index (κ3) is 6.36. The van der Waals surface area contributed by atoms with Crippen molar-refractivity contribution < 1.29 is 18.8 Å². The minimum Gasteiger partial charge on any atom is -0.452 e. The Morgan fingerprint density at radius 2 is 1.77 bits per heavy atom. The minimum atomic E-state index is -0.605. The molecule has 178 valence electrons. The van der Waals surface area contributed by atoms with Gasteiger partial charge in [0, 0.05) is 23.2 Å². The smallest absolute Gasteiger partial charge is 0.341 e. The van der Waals surface area contributed by atoms with E-state index in [1.54, 1.807) is 18.3 Å². The summed E-state index contributed by atoms with van der Waals surface area (Å²) in [6.45, 7) is 3.32. The molecule has 2 aromatic heterocycles. The van der Waals surface area contributed by atoms with E-state index in [2.05, 4.69) is 15.5 Å². The maximum absolute atomic E-state index is 12.7. The topological polar surface area (TPSA) is 94.3 Å². The maximum Gasteiger partial charge on any atom is 0.341 e. The van der Waals surface area contributed by atoms with Gasteiger partial charge in [-0.05, 0) is 49.6 Å². The normalized spacial score (nSPS) is 10.7. The molecule has 4 rings (SSSR count). The Labute approximate surface area is 207 Å². The number of aryl methyl sites for hydroxylation is 2. The molecule has 0 atom stereocenters. The van der Waals surface area contributed by atoms with Gasteiger partial charge in [-0.15, -0.1) is 11.8 Å². The Bertz CT molecular complexity index is 1300. The van der Waals surface area contributed by atoms with Gasteiger partial charge in [0.05, 0.1) is 11.3 Å². The molecular formula is C27H25N3O4S. The Hall–Kier alpha value is -3.91. The molecule has 0 spiro atoms. The molecule has 0 aliphatic heterocycles. The summed E-state index contributed by atoms with van der Waals surface area (Å²) >= 11 is 1.39. The van der Waals surface area contributed by atoms with E-state index in [0.29, 0.717) is 28.5 Å². The van der Waals surface area contributed by atoms with Gasteiger partial charge < -0.3 is 14.6 Å². The second-order valence-corrected chi connectivity index (χ2v) is 8.86. The lowest BCUT2D eigenvalue weighted by molar-refractivity contribution is -0.119. The number of anilines is 1. The van der Waals surface area contributed by atoms with Crippen LogP contribution in [0.2, 0.25) is 0 Å². The first kappa shape index (κ1) is 24.2. The molecule has 0 saturated heterocycles. The van der Waals surface area contributed by atoms with Crippen LogP contribution in [0.5, 0.6) is 0 Å². The van der Waals surface area contributed by atoms with Gasteiger partial charge in [0.1, 0.15) is 10.8 Å². The highest BCUT2D eigenvalue weighted by Crippen LogP contribution is 2.27. The third-order valence-electron chi connectivity index (χ3n) is 5.39. The highest BCUT2D eigenvalue weighted by molar-refractivity contribution is 7.98. The van der Waals surface area contributed by atoms with Crippen molar-refractivity contribution >= 4 is 29.3 Å². The highest BCUT2D eigenvalue weighted by atomic mass is 32.2. The van der Waals surface area contributed by atoms with Crippen molar-refractivity contribution in [2.75, 3.05) is 11.9 Å². The predicted molar refractivity (Wildman–Crippen MR) is 134 cm³/mol. The van der Waals surface area contributed by atoms with Crippen molar-refractivity contribution in [1.82, 2.24) is 10.1 Å². The summed E-state index contributed by atoms with van der Waals surface area (Å²) in [7, 11) is 0. The van der Waals surface area contributed by atoms with Crippen LogP contribution in [-0.4, -0.2) is 28.6 Å². The van der Waals surface area contributed by atoms with Crippen molar-refractivity contribution in [3.8, 4) is 0 Å². The lowest BCUT2D eigenvalue weighted by Crippen LogP contribution is -2.22. The van der Waals surface area contributed by atoms with E-state index in [1.807, 2.05) is 68.4 Å². The van der Waals surface area contributed by atoms with Crippen LogP contribution in [0.15, 0.2) is 82.5 Å². The molecule has 0 aliphatic rings. The number of pyridine rings is 1. The number of benzene rings is 2. The molecule has 1 amide bonds. The van der Waals surface area contributed by atoms with Crippen LogP contribution >= 0.6 is 11.8 Å². The number of hydrogen-bond donors (Lipinski definition) is 1. The van der Waals surface area contributed by atoms with Gasteiger partial charge >= 0.3 is 5.97 Å². The largest absolute Gasteiger partial charge is 0.452 e. The van der Waals surface area contributed by atoms with Crippen LogP contribution in [0.4, 0.5) is 5.69 Å². The second kappa shape index (κ2) is 11.5. The Balaban J connectivity index is 1.36. The number of hydrogen-bond acceptors (Lipinski definition) is 7.